The number of halogens is 1. The highest BCUT2D eigenvalue weighted by Crippen LogP contribution is 2.21. The third kappa shape index (κ3) is 3.96. The minimum absolute atomic E-state index is 0.244. The van der Waals surface area contributed by atoms with Crippen LogP contribution >= 0.6 is 27.3 Å². The molecule has 0 spiro atoms. The molecule has 4 rings (SSSR count). The van der Waals surface area contributed by atoms with Crippen LogP contribution in [0.3, 0.4) is 0 Å². The molecular formula is C18H15BrN4O2S2. The van der Waals surface area contributed by atoms with Crippen molar-refractivity contribution in [3.8, 4) is 11.4 Å². The molecule has 4 aromatic rings. The number of benzene rings is 2. The van der Waals surface area contributed by atoms with Gasteiger partial charge in [0, 0.05) is 28.4 Å². The van der Waals surface area contributed by atoms with E-state index in [0.717, 1.165) is 20.7 Å². The third-order valence-corrected chi connectivity index (χ3v) is 6.85. The molecular weight excluding hydrogens is 448 g/mol. The van der Waals surface area contributed by atoms with Gasteiger partial charge in [-0.2, -0.15) is 4.98 Å². The van der Waals surface area contributed by atoms with Gasteiger partial charge in [-0.05, 0) is 24.3 Å². The Bertz CT molecular complexity index is 1170. The highest BCUT2D eigenvalue weighted by Gasteiger charge is 2.15. The van der Waals surface area contributed by atoms with E-state index in [1.165, 1.54) is 11.3 Å². The van der Waals surface area contributed by atoms with Gasteiger partial charge in [-0.25, -0.2) is 17.7 Å². The van der Waals surface area contributed by atoms with Crippen molar-refractivity contribution in [3.63, 3.8) is 0 Å². The van der Waals surface area contributed by atoms with E-state index in [9.17, 15) is 8.42 Å². The molecule has 27 heavy (non-hydrogen) atoms. The summed E-state index contributed by atoms with van der Waals surface area (Å²) in [6.07, 6.45) is 0.521. The molecule has 0 amide bonds. The Hall–Kier alpha value is -2.07. The average molecular weight is 463 g/mol. The Kier molecular flexibility index (Phi) is 5.09. The van der Waals surface area contributed by atoms with Crippen LogP contribution in [0.5, 0.6) is 0 Å². The van der Waals surface area contributed by atoms with Crippen molar-refractivity contribution in [2.24, 2.45) is 0 Å². The fourth-order valence-electron chi connectivity index (χ4n) is 2.62. The molecule has 6 nitrogen and oxygen atoms in total. The topological polar surface area (TPSA) is 76.4 Å². The van der Waals surface area contributed by atoms with Crippen LogP contribution in [-0.4, -0.2) is 29.6 Å². The quantitative estimate of drug-likeness (QED) is 0.473. The molecule has 0 fully saturated rings. The first kappa shape index (κ1) is 18.3. The maximum Gasteiger partial charge on any atom is 0.240 e. The van der Waals surface area contributed by atoms with Gasteiger partial charge in [0.05, 0.1) is 10.6 Å². The zero-order chi connectivity index (χ0) is 18.9. The second-order valence-electron chi connectivity index (χ2n) is 5.82. The standard InChI is InChI=1S/C18H15BrN4O2S2/c19-14-6-8-16(9-7-14)27(24,25)20-11-10-15-12-26-18-21-17(22-23(15)18)13-4-2-1-3-5-13/h1-9,12,20H,10-11H2. The molecule has 0 unspecified atom stereocenters. The summed E-state index contributed by atoms with van der Waals surface area (Å²) in [5.41, 5.74) is 1.87. The summed E-state index contributed by atoms with van der Waals surface area (Å²) in [6, 6.07) is 16.3. The number of hydrogen-bond donors (Lipinski definition) is 1. The van der Waals surface area contributed by atoms with Gasteiger partial charge in [0.25, 0.3) is 0 Å². The fourth-order valence-corrected chi connectivity index (χ4v) is 4.77. The van der Waals surface area contributed by atoms with E-state index in [1.807, 2.05) is 35.7 Å². The van der Waals surface area contributed by atoms with Crippen molar-refractivity contribution in [2.75, 3.05) is 6.54 Å². The highest BCUT2D eigenvalue weighted by atomic mass is 79.9. The van der Waals surface area contributed by atoms with E-state index in [2.05, 4.69) is 30.7 Å². The number of thiazole rings is 1. The number of nitrogens with one attached hydrogen (secondary N) is 1. The van der Waals surface area contributed by atoms with Crippen LogP contribution in [0.2, 0.25) is 0 Å². The average Bonchev–Trinajstić information content (AvgIpc) is 3.24. The first-order valence-electron chi connectivity index (χ1n) is 8.17. The Morgan fingerprint density at radius 1 is 1.07 bits per heavy atom. The molecule has 0 aliphatic carbocycles. The number of hydrogen-bond acceptors (Lipinski definition) is 5. The lowest BCUT2D eigenvalue weighted by atomic mass is 10.2. The largest absolute Gasteiger partial charge is 0.240 e. The molecule has 0 radical (unpaired) electrons. The van der Waals surface area contributed by atoms with Crippen molar-refractivity contribution in [1.29, 1.82) is 0 Å². The lowest BCUT2D eigenvalue weighted by Gasteiger charge is -2.06. The molecule has 1 N–H and O–H groups in total. The summed E-state index contributed by atoms with van der Waals surface area (Å²) >= 11 is 4.80. The number of nitrogens with zero attached hydrogens (tertiary/aromatic N) is 3. The van der Waals surface area contributed by atoms with Gasteiger partial charge >= 0.3 is 0 Å². The van der Waals surface area contributed by atoms with Crippen LogP contribution in [0.1, 0.15) is 5.69 Å². The second-order valence-corrected chi connectivity index (χ2v) is 9.34. The number of sulfonamides is 1. The van der Waals surface area contributed by atoms with E-state index in [4.69, 9.17) is 0 Å². The fraction of sp³-hybridized carbons (Fsp3) is 0.111. The van der Waals surface area contributed by atoms with Crippen molar-refractivity contribution in [2.45, 2.75) is 11.3 Å². The Morgan fingerprint density at radius 3 is 2.56 bits per heavy atom. The molecule has 2 aromatic heterocycles. The molecule has 0 saturated heterocycles. The van der Waals surface area contributed by atoms with Gasteiger partial charge in [0.2, 0.25) is 15.0 Å². The molecule has 138 valence electrons. The monoisotopic (exact) mass is 462 g/mol. The van der Waals surface area contributed by atoms with E-state index in [0.29, 0.717) is 12.2 Å². The van der Waals surface area contributed by atoms with Crippen LogP contribution < -0.4 is 4.72 Å². The van der Waals surface area contributed by atoms with Gasteiger partial charge in [-0.15, -0.1) is 16.4 Å². The predicted octanol–water partition coefficient (Wildman–Crippen LogP) is 3.74. The zero-order valence-electron chi connectivity index (χ0n) is 14.0. The molecule has 0 atom stereocenters. The van der Waals surface area contributed by atoms with Gasteiger partial charge < -0.3 is 0 Å². The molecule has 0 aliphatic heterocycles. The maximum absolute atomic E-state index is 12.4. The number of aromatic nitrogens is 3. The van der Waals surface area contributed by atoms with E-state index >= 15 is 0 Å². The van der Waals surface area contributed by atoms with Crippen molar-refractivity contribution in [1.82, 2.24) is 19.3 Å². The summed E-state index contributed by atoms with van der Waals surface area (Å²) in [5.74, 6) is 0.666. The smallest absolute Gasteiger partial charge is 0.211 e. The van der Waals surface area contributed by atoms with Crippen LogP contribution in [0.4, 0.5) is 0 Å². The predicted molar refractivity (Wildman–Crippen MR) is 109 cm³/mol. The minimum atomic E-state index is -3.53. The lowest BCUT2D eigenvalue weighted by Crippen LogP contribution is -2.26. The first-order chi connectivity index (χ1) is 13.0. The van der Waals surface area contributed by atoms with Gasteiger partial charge in [-0.1, -0.05) is 46.3 Å². The maximum atomic E-state index is 12.4. The Morgan fingerprint density at radius 2 is 1.81 bits per heavy atom. The first-order valence-corrected chi connectivity index (χ1v) is 11.3. The molecule has 2 heterocycles. The summed E-state index contributed by atoms with van der Waals surface area (Å²) in [5, 5.41) is 6.52. The SMILES string of the molecule is O=S(=O)(NCCc1csc2nc(-c3ccccc3)nn12)c1ccc(Br)cc1. The molecule has 0 aliphatic rings. The van der Waals surface area contributed by atoms with E-state index in [-0.39, 0.29) is 11.4 Å². The van der Waals surface area contributed by atoms with Crippen LogP contribution in [0.25, 0.3) is 16.3 Å². The van der Waals surface area contributed by atoms with Crippen LogP contribution in [0, 0.1) is 0 Å². The van der Waals surface area contributed by atoms with Crippen molar-refractivity contribution < 1.29 is 8.42 Å². The number of rotatable bonds is 6. The summed E-state index contributed by atoms with van der Waals surface area (Å²) < 4.78 is 30.0. The van der Waals surface area contributed by atoms with E-state index < -0.39 is 10.0 Å². The minimum Gasteiger partial charge on any atom is -0.211 e. The molecule has 0 bridgehead atoms. The van der Waals surface area contributed by atoms with E-state index in [1.54, 1.807) is 28.8 Å². The highest BCUT2D eigenvalue weighted by molar-refractivity contribution is 9.10. The normalized spacial score (nSPS) is 11.9. The summed E-state index contributed by atoms with van der Waals surface area (Å²) in [6.45, 7) is 0.283. The van der Waals surface area contributed by atoms with Crippen molar-refractivity contribution in [3.05, 3.63) is 70.1 Å². The Labute approximate surface area is 169 Å². The van der Waals surface area contributed by atoms with Gasteiger partial charge in [0.15, 0.2) is 5.82 Å². The third-order valence-electron chi connectivity index (χ3n) is 3.98. The number of fused-ring (bicyclic) bond motifs is 1. The van der Waals surface area contributed by atoms with Crippen LogP contribution in [-0.2, 0) is 16.4 Å². The second kappa shape index (κ2) is 7.51. The lowest BCUT2D eigenvalue weighted by molar-refractivity contribution is 0.581. The Balaban J connectivity index is 1.48. The molecule has 9 heteroatoms. The van der Waals surface area contributed by atoms with Crippen molar-refractivity contribution >= 4 is 42.3 Å². The zero-order valence-corrected chi connectivity index (χ0v) is 17.3. The van der Waals surface area contributed by atoms with Gasteiger partial charge in [-0.3, -0.25) is 0 Å². The summed E-state index contributed by atoms with van der Waals surface area (Å²) in [4.78, 5) is 5.58. The van der Waals surface area contributed by atoms with Crippen LogP contribution in [0.15, 0.2) is 69.3 Å². The van der Waals surface area contributed by atoms with Gasteiger partial charge in [0.1, 0.15) is 0 Å². The molecule has 2 aromatic carbocycles. The molecule has 0 saturated carbocycles. The summed E-state index contributed by atoms with van der Waals surface area (Å²) in [7, 11) is -3.53.